The monoisotopic (exact) mass is 874 g/mol. The Bertz CT molecular complexity index is 1770. The number of carbonyl (C=O) groups excluding carboxylic acids is 3. The summed E-state index contributed by atoms with van der Waals surface area (Å²) in [4.78, 5) is 43.4. The molecule has 13 nitrogen and oxygen atoms in total. The minimum absolute atomic E-state index is 0.139. The van der Waals surface area contributed by atoms with Gasteiger partial charge in [-0.05, 0) is 78.6 Å². The summed E-state index contributed by atoms with van der Waals surface area (Å²) < 4.78 is 90.0. The lowest BCUT2D eigenvalue weighted by molar-refractivity contribution is -0.139. The van der Waals surface area contributed by atoms with Gasteiger partial charge in [0.1, 0.15) is 11.2 Å². The summed E-state index contributed by atoms with van der Waals surface area (Å²) in [7, 11) is 0. The van der Waals surface area contributed by atoms with Crippen LogP contribution in [0.3, 0.4) is 0 Å². The lowest BCUT2D eigenvalue weighted by Crippen LogP contribution is -2.49. The molecule has 4 aliphatic rings. The first kappa shape index (κ1) is 49.3. The molecule has 19 heteroatoms. The van der Waals surface area contributed by atoms with E-state index in [0.29, 0.717) is 64.3 Å². The largest absolute Gasteiger partial charge is 0.444 e. The zero-order valence-corrected chi connectivity index (χ0v) is 35.7. The third-order valence-electron chi connectivity index (χ3n) is 10.1. The number of aldehydes is 1. The van der Waals surface area contributed by atoms with Crippen molar-refractivity contribution < 1.29 is 60.4 Å². The van der Waals surface area contributed by atoms with E-state index in [-0.39, 0.29) is 47.9 Å². The highest BCUT2D eigenvalue weighted by Gasteiger charge is 2.38. The number of nitrogens with zero attached hydrogens (tertiary/aromatic N) is 5. The molecule has 0 unspecified atom stereocenters. The van der Waals surface area contributed by atoms with Crippen LogP contribution in [-0.2, 0) is 28.4 Å². The van der Waals surface area contributed by atoms with Crippen LogP contribution < -0.4 is 15.1 Å². The smallest absolute Gasteiger partial charge is 0.417 e. The molecule has 2 atom stereocenters. The molecule has 4 fully saturated rings. The second-order valence-electron chi connectivity index (χ2n) is 17.4. The fourth-order valence-electron chi connectivity index (χ4n) is 7.24. The molecule has 0 saturated carbocycles. The SMILES string of the molecule is CC(C)(C)OC(=O)N1CCN(Cc2c(N3CC[C@H](O)C3)cccc2C(F)(F)F)CC1.CC(C)(C)OC(=O)N1CCNCC1.O=Cc1c(N2CC[C@H](O)C2)cccc1C(F)(F)F. The molecule has 0 bridgehead atoms. The number of aliphatic hydroxyl groups excluding tert-OH is 2. The molecule has 61 heavy (non-hydrogen) atoms. The molecule has 0 radical (unpaired) electrons. The zero-order chi connectivity index (χ0) is 45.3. The Morgan fingerprint density at radius 3 is 1.54 bits per heavy atom. The standard InChI is InChI=1S/C21H30F3N3O3.C12H12F3NO2.C9H18N2O2/c1-20(2,3)30-19(29)26-11-9-25(10-12-26)14-16-17(21(22,23)24)5-4-6-18(16)27-8-7-15(28)13-27;13-12(14,15)10-2-1-3-11(9(10)7-17)16-5-4-8(18)6-16;1-9(2,3)13-8(12)11-6-4-10-5-7-11/h4-6,15,28H,7-14H2,1-3H3;1-3,7-8,18H,4-6H2;10H,4-7H2,1-3H3/t15-;8-;/m00./s1. The number of piperazine rings is 2. The van der Waals surface area contributed by atoms with E-state index in [9.17, 15) is 50.9 Å². The van der Waals surface area contributed by atoms with Crippen molar-refractivity contribution in [3.05, 3.63) is 58.7 Å². The van der Waals surface area contributed by atoms with Crippen LogP contribution >= 0.6 is 0 Å². The van der Waals surface area contributed by atoms with Crippen LogP contribution in [0.5, 0.6) is 0 Å². The summed E-state index contributed by atoms with van der Waals surface area (Å²) in [5.41, 5.74) is -1.93. The molecule has 4 saturated heterocycles. The predicted octanol–water partition coefficient (Wildman–Crippen LogP) is 6.24. The van der Waals surface area contributed by atoms with E-state index in [1.165, 1.54) is 18.2 Å². The van der Waals surface area contributed by atoms with Gasteiger partial charge in [0.05, 0.1) is 23.3 Å². The number of alkyl halides is 6. The Morgan fingerprint density at radius 2 is 1.11 bits per heavy atom. The highest BCUT2D eigenvalue weighted by molar-refractivity contribution is 5.87. The third-order valence-corrected chi connectivity index (χ3v) is 10.1. The van der Waals surface area contributed by atoms with E-state index >= 15 is 0 Å². The molecular formula is C42H60F6N6O7. The van der Waals surface area contributed by atoms with Gasteiger partial charge in [0.25, 0.3) is 0 Å². The minimum atomic E-state index is -4.55. The number of amides is 2. The topological polar surface area (TPSA) is 138 Å². The number of benzene rings is 2. The summed E-state index contributed by atoms with van der Waals surface area (Å²) >= 11 is 0. The molecule has 2 amide bonds. The Labute approximate surface area is 353 Å². The molecular weight excluding hydrogens is 814 g/mol. The number of β-amino-alcohol motifs (C(OH)–C–C–N with tert-alkyl or cyclic N) is 2. The van der Waals surface area contributed by atoms with Crippen LogP contribution in [-0.4, -0.2) is 145 Å². The maximum absolute atomic E-state index is 13.7. The highest BCUT2D eigenvalue weighted by Crippen LogP contribution is 2.39. The Balaban J connectivity index is 0.000000223. The van der Waals surface area contributed by atoms with Crippen LogP contribution in [0.4, 0.5) is 47.3 Å². The second-order valence-corrected chi connectivity index (χ2v) is 17.4. The van der Waals surface area contributed by atoms with Gasteiger partial charge in [0.15, 0.2) is 6.29 Å². The van der Waals surface area contributed by atoms with Crippen LogP contribution in [0.15, 0.2) is 36.4 Å². The van der Waals surface area contributed by atoms with Gasteiger partial charge in [-0.2, -0.15) is 26.3 Å². The number of rotatable bonds is 5. The predicted molar refractivity (Wildman–Crippen MR) is 218 cm³/mol. The fraction of sp³-hybridized carbons (Fsp3) is 0.643. The summed E-state index contributed by atoms with van der Waals surface area (Å²) in [6.45, 7) is 17.7. The number of carbonyl (C=O) groups is 3. The van der Waals surface area contributed by atoms with Crippen LogP contribution in [0, 0.1) is 0 Å². The Kier molecular flexibility index (Phi) is 16.7. The Morgan fingerprint density at radius 1 is 0.672 bits per heavy atom. The van der Waals surface area contributed by atoms with Gasteiger partial charge < -0.3 is 44.6 Å². The quantitative estimate of drug-likeness (QED) is 0.233. The average Bonchev–Trinajstić information content (AvgIpc) is 3.81. The average molecular weight is 875 g/mol. The number of halogens is 6. The second kappa shape index (κ2) is 20.7. The summed E-state index contributed by atoms with van der Waals surface area (Å²) in [6, 6.07) is 7.86. The van der Waals surface area contributed by atoms with Gasteiger partial charge in [-0.1, -0.05) is 12.1 Å². The number of hydrogen-bond donors (Lipinski definition) is 3. The van der Waals surface area contributed by atoms with Gasteiger partial charge in [-0.3, -0.25) is 9.69 Å². The first-order chi connectivity index (χ1) is 28.4. The molecule has 3 N–H and O–H groups in total. The van der Waals surface area contributed by atoms with E-state index in [2.05, 4.69) is 5.32 Å². The summed E-state index contributed by atoms with van der Waals surface area (Å²) in [5, 5.41) is 22.4. The van der Waals surface area contributed by atoms with Crippen LogP contribution in [0.1, 0.15) is 81.4 Å². The van der Waals surface area contributed by atoms with E-state index in [0.717, 1.165) is 38.3 Å². The van der Waals surface area contributed by atoms with Crippen molar-refractivity contribution in [1.82, 2.24) is 20.0 Å². The lowest BCUT2D eigenvalue weighted by atomic mass is 10.0. The molecule has 2 aromatic carbocycles. The van der Waals surface area contributed by atoms with Gasteiger partial charge >= 0.3 is 24.5 Å². The highest BCUT2D eigenvalue weighted by atomic mass is 19.4. The maximum Gasteiger partial charge on any atom is 0.417 e. The van der Waals surface area contributed by atoms with Gasteiger partial charge in [0, 0.05) is 108 Å². The number of hydrogen-bond acceptors (Lipinski definition) is 11. The first-order valence-electron chi connectivity index (χ1n) is 20.5. The molecule has 342 valence electrons. The normalized spacial score (nSPS) is 20.4. The molecule has 2 aromatic rings. The molecule has 4 heterocycles. The zero-order valence-electron chi connectivity index (χ0n) is 35.7. The molecule has 0 aromatic heterocycles. The van der Waals surface area contributed by atoms with Crippen molar-refractivity contribution >= 4 is 29.8 Å². The van der Waals surface area contributed by atoms with Crippen molar-refractivity contribution in [2.24, 2.45) is 0 Å². The van der Waals surface area contributed by atoms with Gasteiger partial charge in [-0.15, -0.1) is 0 Å². The van der Waals surface area contributed by atoms with E-state index in [1.54, 1.807) is 41.5 Å². The van der Waals surface area contributed by atoms with Gasteiger partial charge in [0.2, 0.25) is 0 Å². The molecule has 0 aliphatic carbocycles. The van der Waals surface area contributed by atoms with Gasteiger partial charge in [-0.25, -0.2) is 9.59 Å². The Hall–Kier alpha value is -4.33. The van der Waals surface area contributed by atoms with Crippen molar-refractivity contribution in [2.45, 2.75) is 96.7 Å². The van der Waals surface area contributed by atoms with Crippen molar-refractivity contribution in [3.63, 3.8) is 0 Å². The van der Waals surface area contributed by atoms with Crippen molar-refractivity contribution in [1.29, 1.82) is 0 Å². The third kappa shape index (κ3) is 14.9. The number of ether oxygens (including phenoxy) is 2. The number of aliphatic hydroxyl groups is 2. The van der Waals surface area contributed by atoms with Crippen molar-refractivity contribution in [3.8, 4) is 0 Å². The lowest BCUT2D eigenvalue weighted by Gasteiger charge is -2.36. The maximum atomic E-state index is 13.7. The summed E-state index contributed by atoms with van der Waals surface area (Å²) in [6.07, 6.45) is -9.42. The minimum Gasteiger partial charge on any atom is -0.444 e. The molecule has 6 rings (SSSR count). The van der Waals surface area contributed by atoms with Crippen molar-refractivity contribution in [2.75, 3.05) is 88.3 Å². The number of nitrogens with one attached hydrogen (secondary N) is 1. The van der Waals surface area contributed by atoms with E-state index in [1.807, 2.05) is 30.6 Å². The first-order valence-corrected chi connectivity index (χ1v) is 20.5. The van der Waals surface area contributed by atoms with E-state index in [4.69, 9.17) is 9.47 Å². The van der Waals surface area contributed by atoms with Crippen LogP contribution in [0.25, 0.3) is 0 Å². The molecule has 4 aliphatic heterocycles. The fourth-order valence-corrected chi connectivity index (χ4v) is 7.24. The number of anilines is 2. The van der Waals surface area contributed by atoms with Crippen LogP contribution in [0.2, 0.25) is 0 Å². The molecule has 0 spiro atoms. The summed E-state index contributed by atoms with van der Waals surface area (Å²) in [5.74, 6) is 0. The van der Waals surface area contributed by atoms with E-state index < -0.39 is 47.4 Å².